The zero-order chi connectivity index (χ0) is 13.1. The van der Waals surface area contributed by atoms with Crippen LogP contribution in [-0.2, 0) is 6.42 Å². The highest BCUT2D eigenvalue weighted by atomic mass is 32.2. The molecule has 0 saturated heterocycles. The molecule has 0 spiro atoms. The Kier molecular flexibility index (Phi) is 3.76. The molecule has 0 aliphatic carbocycles. The molecule has 0 fully saturated rings. The molecule has 2 atom stereocenters. The molecule has 0 radical (unpaired) electrons. The van der Waals surface area contributed by atoms with E-state index in [4.69, 9.17) is 10.5 Å². The summed E-state index contributed by atoms with van der Waals surface area (Å²) in [5.41, 5.74) is 7.57. The van der Waals surface area contributed by atoms with Gasteiger partial charge >= 0.3 is 0 Å². The Labute approximate surface area is 118 Å². The van der Waals surface area contributed by atoms with Gasteiger partial charge in [0.05, 0.1) is 0 Å². The fraction of sp³-hybridized carbons (Fsp3) is 0.250. The highest BCUT2D eigenvalue weighted by Gasteiger charge is 2.25. The molecule has 3 rings (SSSR count). The van der Waals surface area contributed by atoms with Crippen LogP contribution in [0.2, 0.25) is 0 Å². The molecule has 2 nitrogen and oxygen atoms in total. The SMILES string of the molecule is NC(Cc1ccccc1)C1CSc2ccccc2O1. The van der Waals surface area contributed by atoms with Gasteiger partial charge in [-0.1, -0.05) is 42.5 Å². The smallest absolute Gasteiger partial charge is 0.133 e. The summed E-state index contributed by atoms with van der Waals surface area (Å²) >= 11 is 1.83. The summed E-state index contributed by atoms with van der Waals surface area (Å²) in [6, 6.07) is 18.5. The molecule has 2 aromatic carbocycles. The standard InChI is InChI=1S/C16H17NOS/c17-13(10-12-6-2-1-3-7-12)15-11-19-16-9-5-4-8-14(16)18-15/h1-9,13,15H,10-11,17H2. The first-order chi connectivity index (χ1) is 9.33. The lowest BCUT2D eigenvalue weighted by Gasteiger charge is -2.29. The summed E-state index contributed by atoms with van der Waals surface area (Å²) in [5, 5.41) is 0. The van der Waals surface area contributed by atoms with Gasteiger partial charge in [0.1, 0.15) is 11.9 Å². The minimum atomic E-state index is 0.0308. The van der Waals surface area contributed by atoms with Crippen molar-refractivity contribution in [3.8, 4) is 5.75 Å². The average molecular weight is 271 g/mol. The molecule has 0 bridgehead atoms. The van der Waals surface area contributed by atoms with Gasteiger partial charge in [0.25, 0.3) is 0 Å². The third-order valence-electron chi connectivity index (χ3n) is 3.32. The van der Waals surface area contributed by atoms with Gasteiger partial charge in [-0.3, -0.25) is 0 Å². The lowest BCUT2D eigenvalue weighted by atomic mass is 10.0. The lowest BCUT2D eigenvalue weighted by molar-refractivity contribution is 0.184. The molecule has 1 aliphatic rings. The minimum absolute atomic E-state index is 0.0308. The Morgan fingerprint density at radius 2 is 1.84 bits per heavy atom. The lowest BCUT2D eigenvalue weighted by Crippen LogP contribution is -2.43. The van der Waals surface area contributed by atoms with Crippen LogP contribution >= 0.6 is 11.8 Å². The van der Waals surface area contributed by atoms with Crippen molar-refractivity contribution in [1.82, 2.24) is 0 Å². The van der Waals surface area contributed by atoms with Crippen molar-refractivity contribution in [1.29, 1.82) is 0 Å². The van der Waals surface area contributed by atoms with Gasteiger partial charge in [-0.15, -0.1) is 11.8 Å². The van der Waals surface area contributed by atoms with Crippen molar-refractivity contribution in [3.63, 3.8) is 0 Å². The monoisotopic (exact) mass is 271 g/mol. The molecule has 2 aromatic rings. The van der Waals surface area contributed by atoms with Gasteiger partial charge in [-0.2, -0.15) is 0 Å². The van der Waals surface area contributed by atoms with E-state index in [0.717, 1.165) is 17.9 Å². The quantitative estimate of drug-likeness (QED) is 0.931. The average Bonchev–Trinajstić information content (AvgIpc) is 2.48. The van der Waals surface area contributed by atoms with E-state index in [1.165, 1.54) is 10.5 Å². The van der Waals surface area contributed by atoms with Gasteiger partial charge in [-0.05, 0) is 24.1 Å². The number of benzene rings is 2. The van der Waals surface area contributed by atoms with E-state index in [1.54, 1.807) is 0 Å². The molecule has 0 amide bonds. The summed E-state index contributed by atoms with van der Waals surface area (Å²) in [4.78, 5) is 1.21. The number of fused-ring (bicyclic) bond motifs is 1. The maximum absolute atomic E-state index is 6.30. The van der Waals surface area contributed by atoms with Gasteiger partial charge in [0.2, 0.25) is 0 Å². The fourth-order valence-electron chi connectivity index (χ4n) is 2.26. The van der Waals surface area contributed by atoms with Crippen LogP contribution in [0.25, 0.3) is 0 Å². The second-order valence-corrected chi connectivity index (χ2v) is 5.83. The minimum Gasteiger partial charge on any atom is -0.487 e. The Hall–Kier alpha value is -1.45. The van der Waals surface area contributed by atoms with Gasteiger partial charge in [0.15, 0.2) is 0 Å². The number of nitrogens with two attached hydrogens (primary N) is 1. The molecule has 98 valence electrons. The largest absolute Gasteiger partial charge is 0.487 e. The Bertz CT molecular complexity index is 543. The van der Waals surface area contributed by atoms with Crippen molar-refractivity contribution in [2.45, 2.75) is 23.5 Å². The number of para-hydroxylation sites is 1. The predicted molar refractivity (Wildman–Crippen MR) is 79.7 cm³/mol. The molecular weight excluding hydrogens is 254 g/mol. The van der Waals surface area contributed by atoms with Crippen LogP contribution in [0.1, 0.15) is 5.56 Å². The summed E-state index contributed by atoms with van der Waals surface area (Å²) in [6.45, 7) is 0. The number of rotatable bonds is 3. The molecule has 0 saturated carbocycles. The molecule has 1 heterocycles. The molecule has 2 N–H and O–H groups in total. The van der Waals surface area contributed by atoms with E-state index < -0.39 is 0 Å². The second-order valence-electron chi connectivity index (χ2n) is 4.77. The van der Waals surface area contributed by atoms with Crippen LogP contribution in [0.3, 0.4) is 0 Å². The van der Waals surface area contributed by atoms with Gasteiger partial charge < -0.3 is 10.5 Å². The van der Waals surface area contributed by atoms with Crippen molar-refractivity contribution in [3.05, 3.63) is 60.2 Å². The summed E-state index contributed by atoms with van der Waals surface area (Å²) in [5.74, 6) is 1.89. The number of hydrogen-bond donors (Lipinski definition) is 1. The maximum atomic E-state index is 6.30. The molecular formula is C16H17NOS. The van der Waals surface area contributed by atoms with Crippen molar-refractivity contribution >= 4 is 11.8 Å². The van der Waals surface area contributed by atoms with E-state index in [-0.39, 0.29) is 12.1 Å². The first-order valence-electron chi connectivity index (χ1n) is 6.51. The molecule has 1 aliphatic heterocycles. The van der Waals surface area contributed by atoms with Crippen molar-refractivity contribution in [2.75, 3.05) is 5.75 Å². The fourth-order valence-corrected chi connectivity index (χ4v) is 3.36. The van der Waals surface area contributed by atoms with Crippen molar-refractivity contribution in [2.24, 2.45) is 5.73 Å². The van der Waals surface area contributed by atoms with Crippen LogP contribution in [0.15, 0.2) is 59.5 Å². The summed E-state index contributed by atoms with van der Waals surface area (Å²) in [7, 11) is 0. The van der Waals surface area contributed by atoms with Gasteiger partial charge in [0, 0.05) is 16.7 Å². The molecule has 3 heteroatoms. The van der Waals surface area contributed by atoms with Crippen LogP contribution in [0.5, 0.6) is 5.75 Å². The number of hydrogen-bond acceptors (Lipinski definition) is 3. The normalized spacial score (nSPS) is 19.3. The highest BCUT2D eigenvalue weighted by Crippen LogP contribution is 2.35. The zero-order valence-electron chi connectivity index (χ0n) is 10.7. The topological polar surface area (TPSA) is 35.2 Å². The van der Waals surface area contributed by atoms with Crippen LogP contribution < -0.4 is 10.5 Å². The van der Waals surface area contributed by atoms with Crippen LogP contribution in [0.4, 0.5) is 0 Å². The number of thioether (sulfide) groups is 1. The Morgan fingerprint density at radius 1 is 1.11 bits per heavy atom. The Balaban J connectivity index is 1.68. The van der Waals surface area contributed by atoms with Crippen LogP contribution in [0, 0.1) is 0 Å². The molecule has 2 unspecified atom stereocenters. The molecule has 19 heavy (non-hydrogen) atoms. The van der Waals surface area contributed by atoms with E-state index in [0.29, 0.717) is 0 Å². The van der Waals surface area contributed by atoms with E-state index in [1.807, 2.05) is 48.2 Å². The zero-order valence-corrected chi connectivity index (χ0v) is 11.5. The highest BCUT2D eigenvalue weighted by molar-refractivity contribution is 7.99. The van der Waals surface area contributed by atoms with E-state index in [2.05, 4.69) is 18.2 Å². The third kappa shape index (κ3) is 2.94. The van der Waals surface area contributed by atoms with Crippen LogP contribution in [-0.4, -0.2) is 17.9 Å². The second kappa shape index (κ2) is 5.68. The first kappa shape index (κ1) is 12.6. The summed E-state index contributed by atoms with van der Waals surface area (Å²) < 4.78 is 6.02. The Morgan fingerprint density at radius 3 is 2.68 bits per heavy atom. The molecule has 0 aromatic heterocycles. The van der Waals surface area contributed by atoms with E-state index in [9.17, 15) is 0 Å². The van der Waals surface area contributed by atoms with Crippen molar-refractivity contribution < 1.29 is 4.74 Å². The predicted octanol–water partition coefficient (Wildman–Crippen LogP) is 3.11. The summed E-state index contributed by atoms with van der Waals surface area (Å²) in [6.07, 6.45) is 0.939. The number of ether oxygens (including phenoxy) is 1. The first-order valence-corrected chi connectivity index (χ1v) is 7.49. The third-order valence-corrected chi connectivity index (χ3v) is 4.47. The van der Waals surface area contributed by atoms with E-state index >= 15 is 0 Å². The van der Waals surface area contributed by atoms with Gasteiger partial charge in [-0.25, -0.2) is 0 Å². The maximum Gasteiger partial charge on any atom is 0.133 e.